The van der Waals surface area contributed by atoms with Gasteiger partial charge in [-0.25, -0.2) is 0 Å². The summed E-state index contributed by atoms with van der Waals surface area (Å²) in [7, 11) is 1.86. The van der Waals surface area contributed by atoms with Crippen molar-refractivity contribution in [3.63, 3.8) is 0 Å². The Morgan fingerprint density at radius 2 is 2.30 bits per heavy atom. The summed E-state index contributed by atoms with van der Waals surface area (Å²) in [6.45, 7) is 2.48. The zero-order chi connectivity index (χ0) is 14.4. The third-order valence-electron chi connectivity index (χ3n) is 2.89. The maximum Gasteiger partial charge on any atom is 0.228 e. The second kappa shape index (κ2) is 6.83. The highest BCUT2D eigenvalue weighted by molar-refractivity contribution is 5.76. The molecule has 1 N–H and O–H groups in total. The van der Waals surface area contributed by atoms with Crippen LogP contribution in [0.25, 0.3) is 0 Å². The zero-order valence-electron chi connectivity index (χ0n) is 11.8. The van der Waals surface area contributed by atoms with E-state index in [4.69, 9.17) is 4.52 Å². The van der Waals surface area contributed by atoms with Crippen molar-refractivity contribution in [2.45, 2.75) is 32.6 Å². The minimum absolute atomic E-state index is 0.0177. The fourth-order valence-corrected chi connectivity index (χ4v) is 1.79. The second-order valence-electron chi connectivity index (χ2n) is 4.58. The second-order valence-corrected chi connectivity index (χ2v) is 4.58. The number of nitrogens with one attached hydrogen (secondary N) is 1. The molecule has 1 amide bonds. The van der Waals surface area contributed by atoms with Crippen molar-refractivity contribution in [1.82, 2.24) is 25.2 Å². The molecule has 2 rings (SSSR count). The first kappa shape index (κ1) is 14.2. The van der Waals surface area contributed by atoms with Crippen molar-refractivity contribution < 1.29 is 9.32 Å². The fraction of sp³-hybridized carbons (Fsp3) is 0.538. The molecule has 0 unspecified atom stereocenters. The maximum absolute atomic E-state index is 11.7. The van der Waals surface area contributed by atoms with Gasteiger partial charge in [-0.2, -0.15) is 10.1 Å². The van der Waals surface area contributed by atoms with E-state index < -0.39 is 0 Å². The summed E-state index contributed by atoms with van der Waals surface area (Å²) in [5, 5.41) is 10.7. The molecule has 0 aliphatic rings. The van der Waals surface area contributed by atoms with Crippen LogP contribution in [0.15, 0.2) is 16.9 Å². The van der Waals surface area contributed by atoms with E-state index in [-0.39, 0.29) is 5.91 Å². The average Bonchev–Trinajstić information content (AvgIpc) is 3.05. The Morgan fingerprint density at radius 3 is 2.95 bits per heavy atom. The molecule has 2 aromatic rings. The third kappa shape index (κ3) is 4.18. The monoisotopic (exact) mass is 277 g/mol. The lowest BCUT2D eigenvalue weighted by molar-refractivity contribution is -0.121. The Morgan fingerprint density at radius 1 is 1.45 bits per heavy atom. The van der Waals surface area contributed by atoms with Crippen LogP contribution in [-0.4, -0.2) is 32.4 Å². The summed E-state index contributed by atoms with van der Waals surface area (Å²) in [6.07, 6.45) is 6.15. The van der Waals surface area contributed by atoms with Crippen molar-refractivity contribution >= 4 is 5.91 Å². The highest BCUT2D eigenvalue weighted by atomic mass is 16.5. The van der Waals surface area contributed by atoms with Gasteiger partial charge in [0.2, 0.25) is 11.8 Å². The van der Waals surface area contributed by atoms with Crippen LogP contribution in [-0.2, 0) is 31.1 Å². The van der Waals surface area contributed by atoms with E-state index in [1.165, 1.54) is 0 Å². The normalized spacial score (nSPS) is 10.7. The number of aromatic nitrogens is 4. The van der Waals surface area contributed by atoms with Gasteiger partial charge in [0.15, 0.2) is 5.82 Å². The number of hydrogen-bond acceptors (Lipinski definition) is 5. The van der Waals surface area contributed by atoms with Crippen LogP contribution in [0.2, 0.25) is 0 Å². The van der Waals surface area contributed by atoms with Gasteiger partial charge in [-0.3, -0.25) is 9.48 Å². The molecule has 0 atom stereocenters. The van der Waals surface area contributed by atoms with Crippen molar-refractivity contribution in [2.75, 3.05) is 6.54 Å². The van der Waals surface area contributed by atoms with E-state index in [1.54, 1.807) is 10.9 Å². The van der Waals surface area contributed by atoms with E-state index in [9.17, 15) is 4.79 Å². The summed E-state index contributed by atoms with van der Waals surface area (Å²) < 4.78 is 6.78. The van der Waals surface area contributed by atoms with Gasteiger partial charge >= 0.3 is 0 Å². The first-order valence-electron chi connectivity index (χ1n) is 6.73. The molecule has 0 fully saturated rings. The van der Waals surface area contributed by atoms with Crippen molar-refractivity contribution in [3.05, 3.63) is 29.7 Å². The van der Waals surface area contributed by atoms with Crippen LogP contribution in [0, 0.1) is 0 Å². The van der Waals surface area contributed by atoms with E-state index >= 15 is 0 Å². The molecule has 0 spiro atoms. The molecule has 0 saturated heterocycles. The molecule has 108 valence electrons. The van der Waals surface area contributed by atoms with Crippen molar-refractivity contribution in [1.29, 1.82) is 0 Å². The smallest absolute Gasteiger partial charge is 0.228 e. The number of carbonyl (C=O) groups is 1. The average molecular weight is 277 g/mol. The molecule has 7 heteroatoms. The van der Waals surface area contributed by atoms with Gasteiger partial charge in [0, 0.05) is 39.1 Å². The molecule has 0 radical (unpaired) electrons. The van der Waals surface area contributed by atoms with Gasteiger partial charge < -0.3 is 9.84 Å². The predicted molar refractivity (Wildman–Crippen MR) is 71.9 cm³/mol. The molecule has 0 aliphatic carbocycles. The zero-order valence-corrected chi connectivity index (χ0v) is 11.8. The van der Waals surface area contributed by atoms with Crippen molar-refractivity contribution in [2.24, 2.45) is 7.05 Å². The highest BCUT2D eigenvalue weighted by Gasteiger charge is 2.06. The first-order valence-corrected chi connectivity index (χ1v) is 6.73. The fourth-order valence-electron chi connectivity index (χ4n) is 1.79. The van der Waals surface area contributed by atoms with E-state index in [1.807, 2.05) is 20.2 Å². The lowest BCUT2D eigenvalue weighted by Crippen LogP contribution is -2.25. The highest BCUT2D eigenvalue weighted by Crippen LogP contribution is 2.01. The minimum atomic E-state index is 0.0177. The third-order valence-corrected chi connectivity index (χ3v) is 2.89. The molecule has 20 heavy (non-hydrogen) atoms. The molecule has 0 saturated carbocycles. The molecule has 2 aromatic heterocycles. The maximum atomic E-state index is 11.7. The summed E-state index contributed by atoms with van der Waals surface area (Å²) >= 11 is 0. The Kier molecular flexibility index (Phi) is 4.86. The SMILES string of the molecule is CCc1noc(CCNC(=O)CCc2cnn(C)c2)n1. The largest absolute Gasteiger partial charge is 0.356 e. The Bertz CT molecular complexity index is 561. The molecular formula is C13H19N5O2. The number of carbonyl (C=O) groups excluding carboxylic acids is 1. The molecule has 0 bridgehead atoms. The number of rotatable bonds is 7. The van der Waals surface area contributed by atoms with Crippen molar-refractivity contribution in [3.8, 4) is 0 Å². The number of aryl methyl sites for hydroxylation is 3. The molecular weight excluding hydrogens is 258 g/mol. The molecule has 7 nitrogen and oxygen atoms in total. The first-order chi connectivity index (χ1) is 9.67. The number of hydrogen-bond donors (Lipinski definition) is 1. The van der Waals surface area contributed by atoms with E-state index in [0.717, 1.165) is 12.0 Å². The van der Waals surface area contributed by atoms with E-state index in [2.05, 4.69) is 20.6 Å². The number of amides is 1. The summed E-state index contributed by atoms with van der Waals surface area (Å²) in [6, 6.07) is 0. The topological polar surface area (TPSA) is 85.8 Å². The molecule has 2 heterocycles. The minimum Gasteiger partial charge on any atom is -0.356 e. The van der Waals surface area contributed by atoms with Gasteiger partial charge in [0.1, 0.15) is 0 Å². The standard InChI is InChI=1S/C13H19N5O2/c1-3-11-16-13(20-17-11)6-7-14-12(19)5-4-10-8-15-18(2)9-10/h8-9H,3-7H2,1-2H3,(H,14,19). The quantitative estimate of drug-likeness (QED) is 0.803. The van der Waals surface area contributed by atoms with E-state index in [0.29, 0.717) is 37.5 Å². The summed E-state index contributed by atoms with van der Waals surface area (Å²) in [4.78, 5) is 15.9. The summed E-state index contributed by atoms with van der Waals surface area (Å²) in [5.41, 5.74) is 1.06. The lowest BCUT2D eigenvalue weighted by Gasteiger charge is -2.02. The van der Waals surface area contributed by atoms with Crippen LogP contribution >= 0.6 is 0 Å². The molecule has 0 aromatic carbocycles. The van der Waals surface area contributed by atoms with Gasteiger partial charge in [0.05, 0.1) is 6.20 Å². The molecule has 0 aliphatic heterocycles. The van der Waals surface area contributed by atoms with Crippen LogP contribution < -0.4 is 5.32 Å². The van der Waals surface area contributed by atoms with Crippen LogP contribution in [0.4, 0.5) is 0 Å². The predicted octanol–water partition coefficient (Wildman–Crippen LogP) is 0.657. The van der Waals surface area contributed by atoms with Gasteiger partial charge in [-0.15, -0.1) is 0 Å². The van der Waals surface area contributed by atoms with Gasteiger partial charge in [-0.1, -0.05) is 12.1 Å². The van der Waals surface area contributed by atoms with Crippen LogP contribution in [0.5, 0.6) is 0 Å². The Labute approximate surface area is 117 Å². The summed E-state index contributed by atoms with van der Waals surface area (Å²) in [5.74, 6) is 1.28. The van der Waals surface area contributed by atoms with Gasteiger partial charge in [-0.05, 0) is 12.0 Å². The van der Waals surface area contributed by atoms with Crippen LogP contribution in [0.3, 0.4) is 0 Å². The Hall–Kier alpha value is -2.18. The lowest BCUT2D eigenvalue weighted by atomic mass is 10.2. The van der Waals surface area contributed by atoms with Crippen LogP contribution in [0.1, 0.15) is 30.6 Å². The Balaban J connectivity index is 1.65. The van der Waals surface area contributed by atoms with Gasteiger partial charge in [0.25, 0.3) is 0 Å². The number of nitrogens with zero attached hydrogens (tertiary/aromatic N) is 4.